The predicted molar refractivity (Wildman–Crippen MR) is 84.1 cm³/mol. The first-order valence-electron chi connectivity index (χ1n) is 5.55. The highest BCUT2D eigenvalue weighted by Crippen LogP contribution is 2.32. The molecule has 0 aliphatic rings. The fourth-order valence-corrected chi connectivity index (χ4v) is 3.43. The summed E-state index contributed by atoms with van der Waals surface area (Å²) >= 11 is 7.92. The third-order valence-electron chi connectivity index (χ3n) is 2.44. The van der Waals surface area contributed by atoms with E-state index in [-0.39, 0.29) is 11.6 Å². The van der Waals surface area contributed by atoms with Crippen molar-refractivity contribution in [3.63, 3.8) is 0 Å². The van der Waals surface area contributed by atoms with Crippen molar-refractivity contribution in [1.82, 2.24) is 9.78 Å². The number of nitrogens with zero attached hydrogens (tertiary/aromatic N) is 2. The van der Waals surface area contributed by atoms with Gasteiger partial charge in [0.2, 0.25) is 0 Å². The summed E-state index contributed by atoms with van der Waals surface area (Å²) in [5, 5.41) is 6.66. The van der Waals surface area contributed by atoms with Gasteiger partial charge in [-0.25, -0.2) is 0 Å². The van der Waals surface area contributed by atoms with Crippen LogP contribution in [0.1, 0.15) is 27.1 Å². The van der Waals surface area contributed by atoms with Crippen molar-refractivity contribution in [3.05, 3.63) is 31.1 Å². The van der Waals surface area contributed by atoms with Gasteiger partial charge in [0.25, 0.3) is 11.8 Å². The summed E-state index contributed by atoms with van der Waals surface area (Å²) in [5.74, 6) is -0.999. The quantitative estimate of drug-likeness (QED) is 0.795. The molecule has 0 radical (unpaired) electrons. The van der Waals surface area contributed by atoms with E-state index in [1.807, 2.05) is 6.92 Å². The van der Waals surface area contributed by atoms with Crippen LogP contribution in [0.4, 0.5) is 5.69 Å². The molecule has 6 nitrogen and oxygen atoms in total. The summed E-state index contributed by atoms with van der Waals surface area (Å²) < 4.78 is 3.16. The van der Waals surface area contributed by atoms with Crippen LogP contribution >= 0.6 is 43.2 Å². The summed E-state index contributed by atoms with van der Waals surface area (Å²) in [6.07, 6.45) is 1.58. The molecule has 20 heavy (non-hydrogen) atoms. The maximum Gasteiger partial charge on any atom is 0.271 e. The number of aromatic nitrogens is 2. The summed E-state index contributed by atoms with van der Waals surface area (Å²) in [6.45, 7) is 2.45. The Hall–Kier alpha value is -1.19. The van der Waals surface area contributed by atoms with Gasteiger partial charge in [0.05, 0.1) is 14.4 Å². The van der Waals surface area contributed by atoms with Crippen molar-refractivity contribution in [2.75, 3.05) is 5.32 Å². The Balaban J connectivity index is 2.27. The monoisotopic (exact) mass is 420 g/mol. The van der Waals surface area contributed by atoms with E-state index in [1.54, 1.807) is 12.3 Å². The Morgan fingerprint density at radius 3 is 2.70 bits per heavy atom. The highest BCUT2D eigenvalue weighted by atomic mass is 79.9. The molecule has 0 fully saturated rings. The Kier molecular flexibility index (Phi) is 4.61. The Morgan fingerprint density at radius 1 is 1.50 bits per heavy atom. The first-order chi connectivity index (χ1) is 9.42. The van der Waals surface area contributed by atoms with E-state index in [0.29, 0.717) is 17.1 Å². The van der Waals surface area contributed by atoms with Gasteiger partial charge in [-0.15, -0.1) is 11.3 Å². The van der Waals surface area contributed by atoms with Crippen molar-refractivity contribution in [3.8, 4) is 0 Å². The zero-order chi connectivity index (χ0) is 14.9. The summed E-state index contributed by atoms with van der Waals surface area (Å²) in [7, 11) is 0. The van der Waals surface area contributed by atoms with Crippen molar-refractivity contribution in [2.45, 2.75) is 13.5 Å². The van der Waals surface area contributed by atoms with E-state index in [9.17, 15) is 9.59 Å². The molecule has 0 bridgehead atoms. The molecule has 0 spiro atoms. The van der Waals surface area contributed by atoms with Gasteiger partial charge in [-0.3, -0.25) is 14.3 Å². The first-order valence-corrected chi connectivity index (χ1v) is 7.96. The van der Waals surface area contributed by atoms with E-state index in [0.717, 1.165) is 8.26 Å². The summed E-state index contributed by atoms with van der Waals surface area (Å²) in [6, 6.07) is 1.69. The standard InChI is InChI=1S/C11H10Br2N4O2S/c1-2-17-4-6(8(16-17)10(14)18)15-11(19)7-3-5(12)9(13)20-7/h3-4H,2H2,1H3,(H2,14,18)(H,15,19). The summed E-state index contributed by atoms with van der Waals surface area (Å²) in [4.78, 5) is 23.9. The number of hydrogen-bond acceptors (Lipinski definition) is 4. The molecule has 9 heteroatoms. The van der Waals surface area contributed by atoms with E-state index in [4.69, 9.17) is 5.73 Å². The fourth-order valence-electron chi connectivity index (χ4n) is 1.50. The zero-order valence-corrected chi connectivity index (χ0v) is 14.3. The molecule has 3 N–H and O–H groups in total. The molecule has 0 unspecified atom stereocenters. The summed E-state index contributed by atoms with van der Waals surface area (Å²) in [5.41, 5.74) is 5.61. The molecule has 106 valence electrons. The van der Waals surface area contributed by atoms with E-state index >= 15 is 0 Å². The number of carbonyl (C=O) groups excluding carboxylic acids is 2. The zero-order valence-electron chi connectivity index (χ0n) is 10.3. The van der Waals surface area contributed by atoms with Crippen molar-refractivity contribution < 1.29 is 9.59 Å². The lowest BCUT2D eigenvalue weighted by molar-refractivity contribution is 0.0995. The molecule has 0 aliphatic heterocycles. The maximum atomic E-state index is 12.1. The van der Waals surface area contributed by atoms with Gasteiger partial charge >= 0.3 is 0 Å². The van der Waals surface area contributed by atoms with Crippen LogP contribution in [-0.2, 0) is 6.54 Å². The number of amides is 2. The number of nitrogens with one attached hydrogen (secondary N) is 1. The highest BCUT2D eigenvalue weighted by molar-refractivity contribution is 9.13. The molecule has 0 atom stereocenters. The second-order valence-electron chi connectivity index (χ2n) is 3.80. The van der Waals surface area contributed by atoms with E-state index in [1.165, 1.54) is 16.0 Å². The molecular formula is C11H10Br2N4O2S. The second-order valence-corrected chi connectivity index (χ2v) is 7.02. The number of hydrogen-bond donors (Lipinski definition) is 2. The highest BCUT2D eigenvalue weighted by Gasteiger charge is 2.18. The van der Waals surface area contributed by atoms with Crippen molar-refractivity contribution in [2.24, 2.45) is 5.73 Å². The lowest BCUT2D eigenvalue weighted by Crippen LogP contribution is -2.17. The van der Waals surface area contributed by atoms with E-state index in [2.05, 4.69) is 42.3 Å². The van der Waals surface area contributed by atoms with Gasteiger partial charge in [-0.1, -0.05) is 0 Å². The van der Waals surface area contributed by atoms with Gasteiger partial charge in [-0.2, -0.15) is 5.10 Å². The lowest BCUT2D eigenvalue weighted by Gasteiger charge is -2.01. The first kappa shape index (κ1) is 15.2. The number of primary amides is 1. The van der Waals surface area contributed by atoms with Crippen LogP contribution in [0.5, 0.6) is 0 Å². The Morgan fingerprint density at radius 2 is 2.20 bits per heavy atom. The third kappa shape index (κ3) is 3.10. The molecule has 2 aromatic heterocycles. The van der Waals surface area contributed by atoms with Crippen LogP contribution in [0.15, 0.2) is 20.5 Å². The number of nitrogens with two attached hydrogens (primary N) is 1. The van der Waals surface area contributed by atoms with Gasteiger partial charge in [0, 0.05) is 17.2 Å². The van der Waals surface area contributed by atoms with Crippen LogP contribution in [0, 0.1) is 0 Å². The average Bonchev–Trinajstić information content (AvgIpc) is 2.94. The van der Waals surface area contributed by atoms with Crippen LogP contribution in [0.2, 0.25) is 0 Å². The lowest BCUT2D eigenvalue weighted by atomic mass is 10.3. The van der Waals surface area contributed by atoms with Crippen LogP contribution in [0.25, 0.3) is 0 Å². The normalized spacial score (nSPS) is 10.6. The molecular weight excluding hydrogens is 412 g/mol. The largest absolute Gasteiger partial charge is 0.364 e. The minimum Gasteiger partial charge on any atom is -0.364 e. The molecule has 0 saturated carbocycles. The molecule has 0 saturated heterocycles. The Bertz CT molecular complexity index is 661. The van der Waals surface area contributed by atoms with Crippen LogP contribution in [0.3, 0.4) is 0 Å². The van der Waals surface area contributed by atoms with Crippen molar-refractivity contribution >= 4 is 60.7 Å². The average molecular weight is 422 g/mol. The smallest absolute Gasteiger partial charge is 0.271 e. The fraction of sp³-hybridized carbons (Fsp3) is 0.182. The number of halogens is 2. The van der Waals surface area contributed by atoms with Gasteiger partial charge in [-0.05, 0) is 44.8 Å². The molecule has 2 heterocycles. The topological polar surface area (TPSA) is 90.0 Å². The van der Waals surface area contributed by atoms with E-state index < -0.39 is 5.91 Å². The number of carbonyl (C=O) groups is 2. The third-order valence-corrected chi connectivity index (χ3v) is 5.69. The second kappa shape index (κ2) is 6.06. The molecule has 0 aliphatic carbocycles. The van der Waals surface area contributed by atoms with Crippen LogP contribution < -0.4 is 11.1 Å². The SMILES string of the molecule is CCn1cc(NC(=O)c2cc(Br)c(Br)s2)c(C(N)=O)n1. The number of aryl methyl sites for hydroxylation is 1. The molecule has 2 aromatic rings. The van der Waals surface area contributed by atoms with Gasteiger partial charge < -0.3 is 11.1 Å². The van der Waals surface area contributed by atoms with Crippen molar-refractivity contribution in [1.29, 1.82) is 0 Å². The Labute approximate surface area is 135 Å². The van der Waals surface area contributed by atoms with Gasteiger partial charge in [0.1, 0.15) is 0 Å². The van der Waals surface area contributed by atoms with Gasteiger partial charge in [0.15, 0.2) is 5.69 Å². The maximum absolute atomic E-state index is 12.1. The number of anilines is 1. The minimum atomic E-state index is -0.680. The van der Waals surface area contributed by atoms with Crippen LogP contribution in [-0.4, -0.2) is 21.6 Å². The predicted octanol–water partition coefficient (Wildman–Crippen LogP) is 2.84. The number of thiophene rings is 1. The minimum absolute atomic E-state index is 0.0508. The molecule has 2 amide bonds. The molecule has 0 aromatic carbocycles. The molecule has 2 rings (SSSR count). The number of rotatable bonds is 4.